The van der Waals surface area contributed by atoms with E-state index < -0.39 is 10.0 Å². The molecule has 0 unspecified atom stereocenters. The Hall–Kier alpha value is -0.660. The van der Waals surface area contributed by atoms with Crippen LogP contribution < -0.4 is 11.1 Å². The molecule has 0 spiro atoms. The molecule has 7 heteroatoms. The summed E-state index contributed by atoms with van der Waals surface area (Å²) in [5.41, 5.74) is 5.35. The van der Waals surface area contributed by atoms with Crippen molar-refractivity contribution < 1.29 is 13.2 Å². The van der Waals surface area contributed by atoms with Gasteiger partial charge < -0.3 is 11.1 Å². The summed E-state index contributed by atoms with van der Waals surface area (Å²) in [4.78, 5) is 11.6. The van der Waals surface area contributed by atoms with Gasteiger partial charge in [-0.25, -0.2) is 12.7 Å². The van der Waals surface area contributed by atoms with Crippen molar-refractivity contribution in [3.05, 3.63) is 0 Å². The Labute approximate surface area is 115 Å². The van der Waals surface area contributed by atoms with Gasteiger partial charge in [0.1, 0.15) is 0 Å². The Bertz CT molecular complexity index is 376. The first-order valence-corrected chi connectivity index (χ1v) is 8.57. The molecular weight excluding hydrogens is 266 g/mol. The third kappa shape index (κ3) is 5.46. The van der Waals surface area contributed by atoms with Crippen molar-refractivity contribution in [2.45, 2.75) is 45.1 Å². The minimum Gasteiger partial charge on any atom is -0.353 e. The van der Waals surface area contributed by atoms with E-state index >= 15 is 0 Å². The Morgan fingerprint density at radius 1 is 1.37 bits per heavy atom. The first kappa shape index (κ1) is 16.4. The zero-order valence-corrected chi connectivity index (χ0v) is 12.4. The monoisotopic (exact) mass is 291 g/mol. The number of amides is 1. The highest BCUT2D eigenvalue weighted by atomic mass is 32.2. The summed E-state index contributed by atoms with van der Waals surface area (Å²) < 4.78 is 25.3. The molecule has 0 bridgehead atoms. The van der Waals surface area contributed by atoms with Crippen LogP contribution in [0, 0.1) is 0 Å². The maximum absolute atomic E-state index is 11.9. The number of rotatable bonds is 7. The molecule has 1 saturated heterocycles. The van der Waals surface area contributed by atoms with Crippen molar-refractivity contribution in [2.75, 3.05) is 25.4 Å². The minimum absolute atomic E-state index is 0.0142. The number of nitrogens with one attached hydrogen (secondary N) is 1. The highest BCUT2D eigenvalue weighted by Crippen LogP contribution is 2.15. The molecule has 112 valence electrons. The van der Waals surface area contributed by atoms with Gasteiger partial charge in [0, 0.05) is 25.6 Å². The summed E-state index contributed by atoms with van der Waals surface area (Å²) in [6.07, 6.45) is 3.16. The lowest BCUT2D eigenvalue weighted by Gasteiger charge is -2.31. The molecular formula is C12H25N3O3S. The lowest BCUT2D eigenvalue weighted by molar-refractivity contribution is -0.122. The van der Waals surface area contributed by atoms with Crippen LogP contribution in [0.4, 0.5) is 0 Å². The number of sulfonamides is 1. The Balaban J connectivity index is 2.35. The van der Waals surface area contributed by atoms with E-state index in [2.05, 4.69) is 5.32 Å². The number of hydrogen-bond donors (Lipinski definition) is 2. The van der Waals surface area contributed by atoms with E-state index in [0.717, 1.165) is 0 Å². The fourth-order valence-corrected chi connectivity index (χ4v) is 3.77. The van der Waals surface area contributed by atoms with Gasteiger partial charge in [0.25, 0.3) is 0 Å². The molecule has 1 heterocycles. The van der Waals surface area contributed by atoms with Gasteiger partial charge in [-0.1, -0.05) is 6.92 Å². The molecule has 0 radical (unpaired) electrons. The van der Waals surface area contributed by atoms with Crippen LogP contribution in [0.15, 0.2) is 0 Å². The molecule has 0 aliphatic carbocycles. The van der Waals surface area contributed by atoms with Crippen LogP contribution in [-0.4, -0.2) is 50.1 Å². The molecule has 1 aliphatic rings. The lowest BCUT2D eigenvalue weighted by Crippen LogP contribution is -2.47. The Kier molecular flexibility index (Phi) is 6.74. The van der Waals surface area contributed by atoms with Crippen molar-refractivity contribution in [3.8, 4) is 0 Å². The van der Waals surface area contributed by atoms with E-state index in [9.17, 15) is 13.2 Å². The fourth-order valence-electron chi connectivity index (χ4n) is 2.23. The predicted molar refractivity (Wildman–Crippen MR) is 75.1 cm³/mol. The first-order valence-electron chi connectivity index (χ1n) is 6.97. The van der Waals surface area contributed by atoms with Gasteiger partial charge in [-0.2, -0.15) is 0 Å². The molecule has 1 aliphatic heterocycles. The van der Waals surface area contributed by atoms with Gasteiger partial charge in [-0.3, -0.25) is 4.79 Å². The maximum Gasteiger partial charge on any atom is 0.220 e. The van der Waals surface area contributed by atoms with Crippen LogP contribution in [-0.2, 0) is 14.8 Å². The second-order valence-corrected chi connectivity index (χ2v) is 7.04. The summed E-state index contributed by atoms with van der Waals surface area (Å²) in [7, 11) is -3.10. The summed E-state index contributed by atoms with van der Waals surface area (Å²) in [6.45, 7) is 3.39. The second kappa shape index (κ2) is 7.81. The highest BCUT2D eigenvalue weighted by Gasteiger charge is 2.27. The molecule has 0 aromatic carbocycles. The standard InChI is InChI=1S/C12H25N3O3S/c1-2-10-19(17,18)15-8-5-11(6-9-15)14-12(16)4-3-7-13/h11H,2-10,13H2,1H3,(H,14,16). The van der Waals surface area contributed by atoms with Crippen LogP contribution in [0.1, 0.15) is 39.0 Å². The second-order valence-electron chi connectivity index (χ2n) is 4.95. The molecule has 3 N–H and O–H groups in total. The van der Waals surface area contributed by atoms with E-state index in [1.54, 1.807) is 4.31 Å². The number of carbonyl (C=O) groups excluding carboxylic acids is 1. The van der Waals surface area contributed by atoms with Crippen LogP contribution in [0.25, 0.3) is 0 Å². The van der Waals surface area contributed by atoms with Gasteiger partial charge in [0.15, 0.2) is 0 Å². The third-order valence-corrected chi connectivity index (χ3v) is 5.36. The molecule has 1 amide bonds. The predicted octanol–water partition coefficient (Wildman–Crippen LogP) is 0.0457. The van der Waals surface area contributed by atoms with Crippen LogP contribution in [0.3, 0.4) is 0 Å². The van der Waals surface area contributed by atoms with E-state index in [1.807, 2.05) is 6.92 Å². The van der Waals surface area contributed by atoms with Gasteiger partial charge >= 0.3 is 0 Å². The summed E-state index contributed by atoms with van der Waals surface area (Å²) >= 11 is 0. The quantitative estimate of drug-likeness (QED) is 0.693. The number of hydrogen-bond acceptors (Lipinski definition) is 4. The molecule has 6 nitrogen and oxygen atoms in total. The van der Waals surface area contributed by atoms with Gasteiger partial charge in [-0.05, 0) is 32.2 Å². The van der Waals surface area contributed by atoms with Crippen molar-refractivity contribution in [3.63, 3.8) is 0 Å². The average Bonchev–Trinajstić information content (AvgIpc) is 2.37. The van der Waals surface area contributed by atoms with Crippen molar-refractivity contribution >= 4 is 15.9 Å². The summed E-state index contributed by atoms with van der Waals surface area (Å²) in [5.74, 6) is 0.223. The topological polar surface area (TPSA) is 92.5 Å². The van der Waals surface area contributed by atoms with Gasteiger partial charge in [0.2, 0.25) is 15.9 Å². The van der Waals surface area contributed by atoms with Gasteiger partial charge in [0.05, 0.1) is 5.75 Å². The SMILES string of the molecule is CCCS(=O)(=O)N1CCC(NC(=O)CCCN)CC1. The maximum atomic E-state index is 11.9. The normalized spacial score (nSPS) is 18.4. The molecule has 1 rings (SSSR count). The molecule has 0 atom stereocenters. The molecule has 1 fully saturated rings. The number of nitrogens with two attached hydrogens (primary N) is 1. The van der Waals surface area contributed by atoms with Crippen molar-refractivity contribution in [1.82, 2.24) is 9.62 Å². The minimum atomic E-state index is -3.10. The number of nitrogens with zero attached hydrogens (tertiary/aromatic N) is 1. The largest absolute Gasteiger partial charge is 0.353 e. The lowest BCUT2D eigenvalue weighted by atomic mass is 10.1. The average molecular weight is 291 g/mol. The van der Waals surface area contributed by atoms with Crippen molar-refractivity contribution in [2.24, 2.45) is 5.73 Å². The van der Waals surface area contributed by atoms with Crippen LogP contribution >= 0.6 is 0 Å². The fraction of sp³-hybridized carbons (Fsp3) is 0.917. The van der Waals surface area contributed by atoms with Crippen LogP contribution in [0.5, 0.6) is 0 Å². The zero-order chi connectivity index (χ0) is 14.3. The smallest absolute Gasteiger partial charge is 0.220 e. The van der Waals surface area contributed by atoms with Crippen molar-refractivity contribution in [1.29, 1.82) is 0 Å². The van der Waals surface area contributed by atoms with E-state index in [1.165, 1.54) is 0 Å². The van der Waals surface area contributed by atoms with E-state index in [-0.39, 0.29) is 17.7 Å². The number of carbonyl (C=O) groups is 1. The molecule has 0 saturated carbocycles. The summed E-state index contributed by atoms with van der Waals surface area (Å²) in [5, 5.41) is 2.94. The van der Waals surface area contributed by atoms with E-state index in [4.69, 9.17) is 5.73 Å². The Morgan fingerprint density at radius 3 is 2.53 bits per heavy atom. The molecule has 0 aromatic heterocycles. The Morgan fingerprint density at radius 2 is 2.00 bits per heavy atom. The molecule has 19 heavy (non-hydrogen) atoms. The third-order valence-electron chi connectivity index (χ3n) is 3.28. The van der Waals surface area contributed by atoms with Gasteiger partial charge in [-0.15, -0.1) is 0 Å². The van der Waals surface area contributed by atoms with Crippen LogP contribution in [0.2, 0.25) is 0 Å². The zero-order valence-electron chi connectivity index (χ0n) is 11.6. The first-order chi connectivity index (χ1) is 8.99. The van der Waals surface area contributed by atoms with E-state index in [0.29, 0.717) is 51.7 Å². The summed E-state index contributed by atoms with van der Waals surface area (Å²) in [6, 6.07) is 0.0957. The highest BCUT2D eigenvalue weighted by molar-refractivity contribution is 7.89. The molecule has 0 aromatic rings. The number of piperidine rings is 1.